The van der Waals surface area contributed by atoms with Crippen LogP contribution in [0.5, 0.6) is 0 Å². The number of amides is 2. The summed E-state index contributed by atoms with van der Waals surface area (Å²) in [5, 5.41) is 5.00. The summed E-state index contributed by atoms with van der Waals surface area (Å²) in [4.78, 5) is 28.2. The SMILES string of the molecule is Cc1ccc2c(c1)C(NC(=O)OC(C)(C)C)(c1ccc3ccccc3c1)C(=O)N2C. The van der Waals surface area contributed by atoms with Gasteiger partial charge in [-0.05, 0) is 56.2 Å². The lowest BCUT2D eigenvalue weighted by molar-refractivity contribution is -0.122. The first-order valence-electron chi connectivity index (χ1n) is 10.0. The van der Waals surface area contributed by atoms with Crippen LogP contribution in [0.4, 0.5) is 10.5 Å². The molecule has 0 fully saturated rings. The second-order valence-electron chi connectivity index (χ2n) is 8.82. The van der Waals surface area contributed by atoms with E-state index in [1.807, 2.05) is 67.6 Å². The molecule has 0 radical (unpaired) electrons. The number of carbonyl (C=O) groups is 2. The van der Waals surface area contributed by atoms with Crippen molar-refractivity contribution in [3.63, 3.8) is 0 Å². The number of anilines is 1. The van der Waals surface area contributed by atoms with Crippen LogP contribution in [-0.2, 0) is 15.1 Å². The molecule has 30 heavy (non-hydrogen) atoms. The van der Waals surface area contributed by atoms with E-state index in [1.165, 1.54) is 0 Å². The molecule has 1 N–H and O–H groups in total. The quantitative estimate of drug-likeness (QED) is 0.664. The van der Waals surface area contributed by atoms with Crippen LogP contribution >= 0.6 is 0 Å². The number of carbonyl (C=O) groups excluding carboxylic acids is 2. The maximum absolute atomic E-state index is 13.7. The Morgan fingerprint density at radius 3 is 2.40 bits per heavy atom. The number of benzene rings is 3. The normalized spacial score (nSPS) is 18.4. The Morgan fingerprint density at radius 2 is 1.70 bits per heavy atom. The van der Waals surface area contributed by atoms with Crippen molar-refractivity contribution in [2.45, 2.75) is 38.8 Å². The summed E-state index contributed by atoms with van der Waals surface area (Å²) < 4.78 is 5.54. The Labute approximate surface area is 176 Å². The smallest absolute Gasteiger partial charge is 0.409 e. The highest BCUT2D eigenvalue weighted by Crippen LogP contribution is 2.45. The lowest BCUT2D eigenvalue weighted by Gasteiger charge is -2.32. The fraction of sp³-hybridized carbons (Fsp3) is 0.280. The Hall–Kier alpha value is -3.34. The van der Waals surface area contributed by atoms with Crippen LogP contribution in [0.15, 0.2) is 60.7 Å². The monoisotopic (exact) mass is 402 g/mol. The summed E-state index contributed by atoms with van der Waals surface area (Å²) in [6, 6.07) is 19.7. The summed E-state index contributed by atoms with van der Waals surface area (Å²) in [5.41, 5.74) is 1.19. The first-order chi connectivity index (χ1) is 14.1. The highest BCUT2D eigenvalue weighted by Gasteiger charge is 2.53. The molecule has 0 aromatic heterocycles. The summed E-state index contributed by atoms with van der Waals surface area (Å²) in [7, 11) is 1.73. The van der Waals surface area contributed by atoms with Crippen LogP contribution < -0.4 is 10.2 Å². The molecule has 0 bridgehead atoms. The summed E-state index contributed by atoms with van der Waals surface area (Å²) in [6.45, 7) is 7.38. The summed E-state index contributed by atoms with van der Waals surface area (Å²) in [6.07, 6.45) is -0.633. The number of fused-ring (bicyclic) bond motifs is 2. The zero-order chi connectivity index (χ0) is 21.7. The van der Waals surface area contributed by atoms with Gasteiger partial charge in [-0.2, -0.15) is 0 Å². The molecule has 3 aromatic carbocycles. The molecular weight excluding hydrogens is 376 g/mol. The number of likely N-dealkylation sites (N-methyl/N-ethyl adjacent to an activating group) is 1. The minimum absolute atomic E-state index is 0.218. The summed E-state index contributed by atoms with van der Waals surface area (Å²) in [5.74, 6) is -0.218. The lowest BCUT2D eigenvalue weighted by atomic mass is 9.82. The number of nitrogens with zero attached hydrogens (tertiary/aromatic N) is 1. The summed E-state index contributed by atoms with van der Waals surface area (Å²) >= 11 is 0. The minimum atomic E-state index is -1.36. The molecule has 5 nitrogen and oxygen atoms in total. The molecule has 154 valence electrons. The van der Waals surface area contributed by atoms with Crippen molar-refractivity contribution in [3.05, 3.63) is 77.4 Å². The Bertz CT molecular complexity index is 1160. The van der Waals surface area contributed by atoms with Gasteiger partial charge in [0.15, 0.2) is 5.54 Å². The molecule has 0 saturated heterocycles. The van der Waals surface area contributed by atoms with Crippen LogP contribution in [0.2, 0.25) is 0 Å². The number of hydrogen-bond acceptors (Lipinski definition) is 3. The van der Waals surface area contributed by atoms with Crippen LogP contribution in [0.3, 0.4) is 0 Å². The molecule has 1 atom stereocenters. The van der Waals surface area contributed by atoms with Gasteiger partial charge in [0.2, 0.25) is 0 Å². The van der Waals surface area contributed by atoms with Gasteiger partial charge in [0.1, 0.15) is 5.60 Å². The Morgan fingerprint density at radius 1 is 1.00 bits per heavy atom. The van der Waals surface area contributed by atoms with Crippen LogP contribution in [0.25, 0.3) is 10.8 Å². The highest BCUT2D eigenvalue weighted by atomic mass is 16.6. The number of alkyl carbamates (subject to hydrolysis) is 1. The number of ether oxygens (including phenoxy) is 1. The van der Waals surface area contributed by atoms with Crippen molar-refractivity contribution in [1.82, 2.24) is 5.32 Å². The van der Waals surface area contributed by atoms with Crippen molar-refractivity contribution in [1.29, 1.82) is 0 Å². The van der Waals surface area contributed by atoms with Crippen molar-refractivity contribution >= 4 is 28.5 Å². The van der Waals surface area contributed by atoms with E-state index in [4.69, 9.17) is 4.74 Å². The second-order valence-corrected chi connectivity index (χ2v) is 8.82. The van der Waals surface area contributed by atoms with E-state index in [0.717, 1.165) is 27.6 Å². The van der Waals surface area contributed by atoms with E-state index >= 15 is 0 Å². The molecule has 3 aromatic rings. The number of hydrogen-bond donors (Lipinski definition) is 1. The number of aryl methyl sites for hydroxylation is 1. The average molecular weight is 402 g/mol. The fourth-order valence-corrected chi connectivity index (χ4v) is 4.07. The van der Waals surface area contributed by atoms with Crippen LogP contribution in [-0.4, -0.2) is 24.6 Å². The van der Waals surface area contributed by atoms with Crippen LogP contribution in [0, 0.1) is 6.92 Å². The maximum Gasteiger partial charge on any atom is 0.409 e. The van der Waals surface area contributed by atoms with E-state index in [-0.39, 0.29) is 5.91 Å². The van der Waals surface area contributed by atoms with Gasteiger partial charge in [0.25, 0.3) is 5.91 Å². The topological polar surface area (TPSA) is 58.6 Å². The standard InChI is InChI=1S/C25H26N2O3/c1-16-10-13-21-20(14-16)25(22(28)27(21)5,26-23(29)30-24(2,3)4)19-12-11-17-8-6-7-9-18(17)15-19/h6-15H,1-5H3,(H,26,29). The molecule has 2 amide bonds. The van der Waals surface area contributed by atoms with Crippen molar-refractivity contribution in [2.75, 3.05) is 11.9 Å². The number of rotatable bonds is 2. The van der Waals surface area contributed by atoms with Crippen LogP contribution in [0.1, 0.15) is 37.5 Å². The zero-order valence-electron chi connectivity index (χ0n) is 17.9. The third kappa shape index (κ3) is 3.20. The van der Waals surface area contributed by atoms with Gasteiger partial charge in [0.05, 0.1) is 0 Å². The first kappa shape index (κ1) is 20.0. The Balaban J connectivity index is 1.95. The minimum Gasteiger partial charge on any atom is -0.444 e. The largest absolute Gasteiger partial charge is 0.444 e. The molecule has 1 heterocycles. The molecule has 4 rings (SSSR count). The van der Waals surface area contributed by atoms with Gasteiger partial charge in [-0.1, -0.05) is 54.1 Å². The molecule has 1 unspecified atom stereocenters. The number of nitrogens with one attached hydrogen (secondary N) is 1. The average Bonchev–Trinajstić information content (AvgIpc) is 2.88. The molecule has 0 saturated carbocycles. The van der Waals surface area contributed by atoms with Crippen molar-refractivity contribution < 1.29 is 14.3 Å². The van der Waals surface area contributed by atoms with Gasteiger partial charge in [0, 0.05) is 18.3 Å². The van der Waals surface area contributed by atoms with Gasteiger partial charge in [-0.25, -0.2) is 4.79 Å². The van der Waals surface area contributed by atoms with Gasteiger partial charge < -0.3 is 9.64 Å². The highest BCUT2D eigenvalue weighted by molar-refractivity contribution is 6.11. The lowest BCUT2D eigenvalue weighted by Crippen LogP contribution is -2.54. The van der Waals surface area contributed by atoms with E-state index in [2.05, 4.69) is 5.32 Å². The Kier molecular flexibility index (Phi) is 4.57. The molecular formula is C25H26N2O3. The third-order valence-electron chi connectivity index (χ3n) is 5.41. The molecule has 0 spiro atoms. The molecule has 5 heteroatoms. The predicted molar refractivity (Wildman–Crippen MR) is 119 cm³/mol. The van der Waals surface area contributed by atoms with Gasteiger partial charge in [-0.15, -0.1) is 0 Å². The van der Waals surface area contributed by atoms with Gasteiger partial charge in [-0.3, -0.25) is 10.1 Å². The predicted octanol–water partition coefficient (Wildman–Crippen LogP) is 4.89. The maximum atomic E-state index is 13.7. The van der Waals surface area contributed by atoms with Crippen molar-refractivity contribution in [2.24, 2.45) is 0 Å². The zero-order valence-corrected chi connectivity index (χ0v) is 17.9. The van der Waals surface area contributed by atoms with Gasteiger partial charge >= 0.3 is 6.09 Å². The van der Waals surface area contributed by atoms with E-state index in [9.17, 15) is 9.59 Å². The third-order valence-corrected chi connectivity index (χ3v) is 5.41. The molecule has 1 aliphatic heterocycles. The fourth-order valence-electron chi connectivity index (χ4n) is 4.07. The van der Waals surface area contributed by atoms with E-state index in [0.29, 0.717) is 5.56 Å². The molecule has 1 aliphatic rings. The molecule has 0 aliphatic carbocycles. The van der Waals surface area contributed by atoms with Crippen molar-refractivity contribution in [3.8, 4) is 0 Å². The van der Waals surface area contributed by atoms with E-state index in [1.54, 1.807) is 32.7 Å². The first-order valence-corrected chi connectivity index (χ1v) is 10.0. The van der Waals surface area contributed by atoms with E-state index < -0.39 is 17.2 Å². The second kappa shape index (κ2) is 6.87.